The Labute approximate surface area is 212 Å². The average Bonchev–Trinajstić information content (AvgIpc) is 2.89. The molecule has 0 radical (unpaired) electrons. The summed E-state index contributed by atoms with van der Waals surface area (Å²) in [5.74, 6) is -0.481. The molecule has 3 aromatic carbocycles. The number of benzene rings is 3. The Balaban J connectivity index is 1.51. The van der Waals surface area contributed by atoms with E-state index >= 15 is 0 Å². The average molecular weight is 490 g/mol. The number of nitrogens with one attached hydrogen (secondary N) is 3. The second-order valence-electron chi connectivity index (χ2n) is 8.09. The van der Waals surface area contributed by atoms with Crippen molar-refractivity contribution in [1.82, 2.24) is 16.2 Å². The molecule has 3 rings (SSSR count). The Hall–Kier alpha value is -3.71. The van der Waals surface area contributed by atoms with Gasteiger partial charge in [-0.3, -0.25) is 25.8 Å². The highest BCUT2D eigenvalue weighted by molar-refractivity contribution is 7.80. The number of rotatable bonds is 10. The van der Waals surface area contributed by atoms with Crippen LogP contribution >= 0.6 is 12.2 Å². The van der Waals surface area contributed by atoms with Gasteiger partial charge in [-0.05, 0) is 54.0 Å². The molecule has 3 aromatic rings. The first kappa shape index (κ1) is 25.9. The summed E-state index contributed by atoms with van der Waals surface area (Å²) in [5.41, 5.74) is 7.38. The Morgan fingerprint density at radius 3 is 1.97 bits per heavy atom. The quantitative estimate of drug-likeness (QED) is 0.209. The van der Waals surface area contributed by atoms with Gasteiger partial charge < -0.3 is 4.74 Å². The van der Waals surface area contributed by atoms with Crippen molar-refractivity contribution in [3.63, 3.8) is 0 Å². The molecule has 0 spiro atoms. The second kappa shape index (κ2) is 13.9. The number of unbranched alkanes of at least 4 members (excludes halogenated alkanes) is 3. The summed E-state index contributed by atoms with van der Waals surface area (Å²) in [6.45, 7) is 2.83. The summed E-state index contributed by atoms with van der Waals surface area (Å²) in [5, 5.41) is 2.58. The van der Waals surface area contributed by atoms with Gasteiger partial charge in [-0.1, -0.05) is 86.8 Å². The normalized spacial score (nSPS) is 10.5. The topological polar surface area (TPSA) is 79.5 Å². The molecule has 6 nitrogen and oxygen atoms in total. The Morgan fingerprint density at radius 1 is 0.800 bits per heavy atom. The summed E-state index contributed by atoms with van der Waals surface area (Å²) in [7, 11) is 0. The molecule has 0 saturated heterocycles. The molecular weight excluding hydrogens is 458 g/mol. The first-order chi connectivity index (χ1) is 17.1. The first-order valence-electron chi connectivity index (χ1n) is 11.8. The molecular formula is C28H31N3O3S. The third kappa shape index (κ3) is 8.22. The lowest BCUT2D eigenvalue weighted by molar-refractivity contribution is -0.122. The summed E-state index contributed by atoms with van der Waals surface area (Å²) >= 11 is 5.20. The van der Waals surface area contributed by atoms with Gasteiger partial charge in [0.2, 0.25) is 5.91 Å². The van der Waals surface area contributed by atoms with Crippen molar-refractivity contribution < 1.29 is 14.3 Å². The molecule has 0 unspecified atom stereocenters. The number of hydrazine groups is 1. The molecule has 0 bridgehead atoms. The van der Waals surface area contributed by atoms with Crippen LogP contribution in [0.15, 0.2) is 84.9 Å². The van der Waals surface area contributed by atoms with Crippen molar-refractivity contribution in [2.45, 2.75) is 38.5 Å². The summed E-state index contributed by atoms with van der Waals surface area (Å²) in [4.78, 5) is 25.6. The van der Waals surface area contributed by atoms with Crippen LogP contribution in [0.3, 0.4) is 0 Å². The zero-order valence-electron chi connectivity index (χ0n) is 19.8. The number of hydrogen-bond donors (Lipinski definition) is 3. The highest BCUT2D eigenvalue weighted by Crippen LogP contribution is 2.24. The van der Waals surface area contributed by atoms with Crippen molar-refractivity contribution in [2.24, 2.45) is 0 Å². The predicted molar refractivity (Wildman–Crippen MR) is 142 cm³/mol. The third-order valence-electron chi connectivity index (χ3n) is 5.44. The molecule has 0 saturated carbocycles. The van der Waals surface area contributed by atoms with E-state index in [0.29, 0.717) is 12.2 Å². The van der Waals surface area contributed by atoms with Crippen LogP contribution in [0.2, 0.25) is 0 Å². The number of amides is 2. The minimum Gasteiger partial charge on any atom is -0.494 e. The molecule has 182 valence electrons. The second-order valence-corrected chi connectivity index (χ2v) is 8.49. The molecule has 0 aliphatic rings. The zero-order chi connectivity index (χ0) is 24.9. The number of thiocarbonyl (C=S) groups is 1. The molecule has 0 fully saturated rings. The van der Waals surface area contributed by atoms with Crippen LogP contribution in [0.25, 0.3) is 0 Å². The van der Waals surface area contributed by atoms with E-state index in [4.69, 9.17) is 17.0 Å². The molecule has 3 N–H and O–H groups in total. The van der Waals surface area contributed by atoms with E-state index in [9.17, 15) is 9.59 Å². The van der Waals surface area contributed by atoms with E-state index in [2.05, 4.69) is 23.1 Å². The first-order valence-corrected chi connectivity index (χ1v) is 12.2. The van der Waals surface area contributed by atoms with Crippen LogP contribution < -0.4 is 20.9 Å². The fraction of sp³-hybridized carbons (Fsp3) is 0.250. The monoisotopic (exact) mass is 489 g/mol. The summed E-state index contributed by atoms with van der Waals surface area (Å²) in [6, 6.07) is 25.8. The van der Waals surface area contributed by atoms with E-state index in [1.165, 1.54) is 12.8 Å². The Kier molecular flexibility index (Phi) is 10.3. The van der Waals surface area contributed by atoms with E-state index in [1.807, 2.05) is 60.7 Å². The van der Waals surface area contributed by atoms with Crippen molar-refractivity contribution in [3.05, 3.63) is 102 Å². The molecule has 0 heterocycles. The third-order valence-corrected chi connectivity index (χ3v) is 5.64. The highest BCUT2D eigenvalue weighted by Gasteiger charge is 2.22. The fourth-order valence-corrected chi connectivity index (χ4v) is 3.75. The zero-order valence-corrected chi connectivity index (χ0v) is 20.6. The van der Waals surface area contributed by atoms with Crippen molar-refractivity contribution >= 4 is 29.1 Å². The molecule has 0 atom stereocenters. The van der Waals surface area contributed by atoms with Gasteiger partial charge in [0, 0.05) is 5.56 Å². The van der Waals surface area contributed by atoms with Gasteiger partial charge in [-0.2, -0.15) is 0 Å². The lowest BCUT2D eigenvalue weighted by Crippen LogP contribution is -2.49. The van der Waals surface area contributed by atoms with Crippen LogP contribution in [0.5, 0.6) is 5.75 Å². The number of ether oxygens (including phenoxy) is 1. The number of carbonyl (C=O) groups is 2. The van der Waals surface area contributed by atoms with E-state index in [0.717, 1.165) is 29.7 Å². The van der Waals surface area contributed by atoms with Gasteiger partial charge in [-0.25, -0.2) is 0 Å². The molecule has 0 aromatic heterocycles. The minimum absolute atomic E-state index is 0.000487. The van der Waals surface area contributed by atoms with Crippen LogP contribution in [0, 0.1) is 0 Å². The smallest absolute Gasteiger partial charge is 0.257 e. The Morgan fingerprint density at radius 2 is 1.40 bits per heavy atom. The molecule has 0 aliphatic heterocycles. The maximum absolute atomic E-state index is 13.0. The van der Waals surface area contributed by atoms with Crippen LogP contribution in [-0.2, 0) is 4.79 Å². The van der Waals surface area contributed by atoms with Crippen LogP contribution in [-0.4, -0.2) is 23.5 Å². The van der Waals surface area contributed by atoms with E-state index in [-0.39, 0.29) is 16.9 Å². The molecule has 7 heteroatoms. The fourth-order valence-electron chi connectivity index (χ4n) is 3.60. The molecule has 0 aliphatic carbocycles. The standard InChI is InChI=1S/C28H31N3O3S/c1-2-3-4-11-20-34-24-18-16-23(17-19-24)26(32)29-28(35)31-30-27(33)25(21-12-7-5-8-13-21)22-14-9-6-10-15-22/h5-10,12-19,25H,2-4,11,20H2,1H3,(H,30,33)(H2,29,31,32,35). The summed E-state index contributed by atoms with van der Waals surface area (Å²) in [6.07, 6.45) is 4.55. The maximum Gasteiger partial charge on any atom is 0.257 e. The molecule has 35 heavy (non-hydrogen) atoms. The SMILES string of the molecule is CCCCCCOc1ccc(C(=O)NC(=S)NNC(=O)C(c2ccccc2)c2ccccc2)cc1. The largest absolute Gasteiger partial charge is 0.494 e. The van der Waals surface area contributed by atoms with Gasteiger partial charge in [0.25, 0.3) is 5.91 Å². The minimum atomic E-state index is -0.530. The van der Waals surface area contributed by atoms with Gasteiger partial charge in [-0.15, -0.1) is 0 Å². The van der Waals surface area contributed by atoms with Gasteiger partial charge in [0.1, 0.15) is 5.75 Å². The van der Waals surface area contributed by atoms with E-state index < -0.39 is 5.92 Å². The number of carbonyl (C=O) groups excluding carboxylic acids is 2. The van der Waals surface area contributed by atoms with Crippen molar-refractivity contribution in [2.75, 3.05) is 6.61 Å². The molecule has 2 amide bonds. The lowest BCUT2D eigenvalue weighted by atomic mass is 9.91. The van der Waals surface area contributed by atoms with Gasteiger partial charge >= 0.3 is 0 Å². The van der Waals surface area contributed by atoms with E-state index in [1.54, 1.807) is 24.3 Å². The lowest BCUT2D eigenvalue weighted by Gasteiger charge is -2.19. The van der Waals surface area contributed by atoms with Crippen LogP contribution in [0.1, 0.15) is 60.0 Å². The van der Waals surface area contributed by atoms with Crippen LogP contribution in [0.4, 0.5) is 0 Å². The van der Waals surface area contributed by atoms with Gasteiger partial charge in [0.15, 0.2) is 5.11 Å². The predicted octanol–water partition coefficient (Wildman–Crippen LogP) is 5.11. The highest BCUT2D eigenvalue weighted by atomic mass is 32.1. The number of hydrogen-bond acceptors (Lipinski definition) is 4. The van der Waals surface area contributed by atoms with Crippen molar-refractivity contribution in [3.8, 4) is 5.75 Å². The summed E-state index contributed by atoms with van der Waals surface area (Å²) < 4.78 is 5.71. The van der Waals surface area contributed by atoms with Gasteiger partial charge in [0.05, 0.1) is 12.5 Å². The maximum atomic E-state index is 13.0. The Bertz CT molecular complexity index is 1050. The van der Waals surface area contributed by atoms with Crippen molar-refractivity contribution in [1.29, 1.82) is 0 Å².